The topological polar surface area (TPSA) is 109 Å². The summed E-state index contributed by atoms with van der Waals surface area (Å²) in [5, 5.41) is 12.5. The molecule has 1 aliphatic heterocycles. The molecular formula is C9H13N5O3S. The fourth-order valence-electron chi connectivity index (χ4n) is 1.35. The second-order valence-corrected chi connectivity index (χ2v) is 4.70. The zero-order valence-corrected chi connectivity index (χ0v) is 10.5. The van der Waals surface area contributed by atoms with Gasteiger partial charge in [0.2, 0.25) is 11.1 Å². The van der Waals surface area contributed by atoms with Gasteiger partial charge in [0, 0.05) is 12.3 Å². The second-order valence-electron chi connectivity index (χ2n) is 3.64. The summed E-state index contributed by atoms with van der Waals surface area (Å²) in [6.45, 7) is 2.38. The summed E-state index contributed by atoms with van der Waals surface area (Å²) in [6, 6.07) is -0.590. The first-order chi connectivity index (χ1) is 8.65. The summed E-state index contributed by atoms with van der Waals surface area (Å²) in [7, 11) is 0. The molecule has 0 saturated carbocycles. The van der Waals surface area contributed by atoms with Gasteiger partial charge < -0.3 is 15.4 Å². The highest BCUT2D eigenvalue weighted by molar-refractivity contribution is 7.99. The molecule has 0 radical (unpaired) electrons. The van der Waals surface area contributed by atoms with E-state index in [9.17, 15) is 9.59 Å². The predicted octanol–water partition coefficient (Wildman–Crippen LogP) is -0.570. The minimum absolute atomic E-state index is 0.0813. The van der Waals surface area contributed by atoms with Crippen LogP contribution in [0, 0.1) is 6.92 Å². The molecule has 3 N–H and O–H groups in total. The number of H-pyrrole nitrogens is 1. The molecule has 2 rings (SSSR count). The number of aryl methyl sites for hydroxylation is 1. The predicted molar refractivity (Wildman–Crippen MR) is 63.1 cm³/mol. The summed E-state index contributed by atoms with van der Waals surface area (Å²) >= 11 is 1.44. The van der Waals surface area contributed by atoms with Gasteiger partial charge in [0.05, 0.1) is 0 Å². The summed E-state index contributed by atoms with van der Waals surface area (Å²) in [5.74, 6) is 1.17. The van der Waals surface area contributed by atoms with E-state index in [4.69, 9.17) is 0 Å². The largest absolute Gasteiger partial charge is 0.447 e. The number of alkyl carbamates (subject to hydrolysis) is 1. The Hall–Kier alpha value is -1.77. The number of thioether (sulfide) groups is 1. The SMILES string of the molecule is Cc1nc(SCCNC(=O)[C@@H]2COC(=O)N2)n[nH]1. The lowest BCUT2D eigenvalue weighted by Crippen LogP contribution is -2.43. The van der Waals surface area contributed by atoms with Gasteiger partial charge in [-0.15, -0.1) is 5.10 Å². The van der Waals surface area contributed by atoms with Crippen LogP contribution in [0.5, 0.6) is 0 Å². The van der Waals surface area contributed by atoms with E-state index in [2.05, 4.69) is 30.6 Å². The number of carbonyl (C=O) groups excluding carboxylic acids is 2. The molecule has 0 spiro atoms. The van der Waals surface area contributed by atoms with Crippen LogP contribution in [0.25, 0.3) is 0 Å². The number of nitrogens with zero attached hydrogens (tertiary/aromatic N) is 2. The van der Waals surface area contributed by atoms with Gasteiger partial charge >= 0.3 is 6.09 Å². The van der Waals surface area contributed by atoms with E-state index < -0.39 is 12.1 Å². The first-order valence-electron chi connectivity index (χ1n) is 5.38. The maximum absolute atomic E-state index is 11.6. The number of nitrogens with one attached hydrogen (secondary N) is 3. The normalized spacial score (nSPS) is 18.3. The Balaban J connectivity index is 1.63. The molecular weight excluding hydrogens is 258 g/mol. The van der Waals surface area contributed by atoms with Crippen LogP contribution in [-0.4, -0.2) is 52.1 Å². The zero-order chi connectivity index (χ0) is 13.0. The Morgan fingerprint density at radius 3 is 3.11 bits per heavy atom. The highest BCUT2D eigenvalue weighted by Gasteiger charge is 2.28. The molecule has 0 aromatic carbocycles. The maximum atomic E-state index is 11.6. The number of carbonyl (C=O) groups is 2. The van der Waals surface area contributed by atoms with Crippen LogP contribution in [0.3, 0.4) is 0 Å². The Bertz CT molecular complexity index is 449. The average molecular weight is 271 g/mol. The van der Waals surface area contributed by atoms with Crippen molar-refractivity contribution < 1.29 is 14.3 Å². The van der Waals surface area contributed by atoms with E-state index in [-0.39, 0.29) is 12.5 Å². The summed E-state index contributed by atoms with van der Waals surface area (Å²) in [6.07, 6.45) is -0.555. The molecule has 0 aliphatic carbocycles. The third-order valence-electron chi connectivity index (χ3n) is 2.20. The number of aromatic nitrogens is 3. The number of aromatic amines is 1. The Kier molecular flexibility index (Phi) is 4.03. The van der Waals surface area contributed by atoms with Crippen molar-refractivity contribution in [3.05, 3.63) is 5.82 Å². The van der Waals surface area contributed by atoms with Crippen molar-refractivity contribution in [1.29, 1.82) is 0 Å². The molecule has 1 fully saturated rings. The quantitative estimate of drug-likeness (QED) is 0.489. The van der Waals surface area contributed by atoms with Gasteiger partial charge in [0.25, 0.3) is 0 Å². The van der Waals surface area contributed by atoms with Gasteiger partial charge in [-0.2, -0.15) is 0 Å². The van der Waals surface area contributed by atoms with Crippen molar-refractivity contribution >= 4 is 23.8 Å². The Morgan fingerprint density at radius 2 is 2.50 bits per heavy atom. The first kappa shape index (κ1) is 12.7. The molecule has 1 aromatic rings. The highest BCUT2D eigenvalue weighted by Crippen LogP contribution is 2.10. The van der Waals surface area contributed by atoms with Gasteiger partial charge in [0.1, 0.15) is 18.5 Å². The van der Waals surface area contributed by atoms with Gasteiger partial charge in [-0.1, -0.05) is 11.8 Å². The van der Waals surface area contributed by atoms with Crippen LogP contribution in [0.2, 0.25) is 0 Å². The number of rotatable bonds is 5. The van der Waals surface area contributed by atoms with E-state index in [0.717, 1.165) is 5.82 Å². The van der Waals surface area contributed by atoms with Crippen molar-refractivity contribution in [2.75, 3.05) is 18.9 Å². The molecule has 1 aliphatic rings. The third-order valence-corrected chi connectivity index (χ3v) is 3.05. The minimum Gasteiger partial charge on any atom is -0.447 e. The minimum atomic E-state index is -0.590. The standard InChI is InChI=1S/C9H13N5O3S/c1-5-11-8(14-13-5)18-3-2-10-7(15)6-4-17-9(16)12-6/h6H,2-4H2,1H3,(H,10,15)(H,12,16)(H,11,13,14)/t6-/m0/s1. The van der Waals surface area contributed by atoms with E-state index in [0.29, 0.717) is 17.5 Å². The second kappa shape index (κ2) is 5.71. The van der Waals surface area contributed by atoms with Gasteiger partial charge in [0.15, 0.2) is 0 Å². The molecule has 1 saturated heterocycles. The lowest BCUT2D eigenvalue weighted by molar-refractivity contribution is -0.122. The monoisotopic (exact) mass is 271 g/mol. The molecule has 18 heavy (non-hydrogen) atoms. The number of cyclic esters (lactones) is 1. The average Bonchev–Trinajstić information content (AvgIpc) is 2.93. The van der Waals surface area contributed by atoms with Crippen molar-refractivity contribution in [2.45, 2.75) is 18.1 Å². The Labute approximate surface area is 107 Å². The molecule has 2 amide bonds. The summed E-state index contributed by atoms with van der Waals surface area (Å²) in [5.41, 5.74) is 0. The lowest BCUT2D eigenvalue weighted by Gasteiger charge is -2.07. The number of amides is 2. The molecule has 1 atom stereocenters. The summed E-state index contributed by atoms with van der Waals surface area (Å²) < 4.78 is 4.62. The van der Waals surface area contributed by atoms with Crippen LogP contribution in [0.4, 0.5) is 4.79 Å². The molecule has 8 nitrogen and oxygen atoms in total. The van der Waals surface area contributed by atoms with Gasteiger partial charge in [-0.05, 0) is 6.92 Å². The summed E-state index contributed by atoms with van der Waals surface area (Å²) in [4.78, 5) is 26.4. The smallest absolute Gasteiger partial charge is 0.407 e. The van der Waals surface area contributed by atoms with Crippen LogP contribution in [0.15, 0.2) is 5.16 Å². The first-order valence-corrected chi connectivity index (χ1v) is 6.36. The zero-order valence-electron chi connectivity index (χ0n) is 9.73. The number of hydrogen-bond donors (Lipinski definition) is 3. The molecule has 0 bridgehead atoms. The molecule has 9 heteroatoms. The van der Waals surface area contributed by atoms with Crippen LogP contribution >= 0.6 is 11.8 Å². The van der Waals surface area contributed by atoms with Crippen molar-refractivity contribution in [1.82, 2.24) is 25.8 Å². The van der Waals surface area contributed by atoms with Gasteiger partial charge in [-0.3, -0.25) is 9.89 Å². The highest BCUT2D eigenvalue weighted by atomic mass is 32.2. The Morgan fingerprint density at radius 1 is 1.67 bits per heavy atom. The van der Waals surface area contributed by atoms with Crippen molar-refractivity contribution in [3.8, 4) is 0 Å². The maximum Gasteiger partial charge on any atom is 0.407 e. The van der Waals surface area contributed by atoms with Crippen LogP contribution < -0.4 is 10.6 Å². The fraction of sp³-hybridized carbons (Fsp3) is 0.556. The van der Waals surface area contributed by atoms with E-state index in [1.54, 1.807) is 0 Å². The van der Waals surface area contributed by atoms with E-state index in [1.807, 2.05) is 6.92 Å². The van der Waals surface area contributed by atoms with Crippen molar-refractivity contribution in [3.63, 3.8) is 0 Å². The number of ether oxygens (including phenoxy) is 1. The molecule has 1 aromatic heterocycles. The number of hydrogen-bond acceptors (Lipinski definition) is 6. The lowest BCUT2D eigenvalue weighted by atomic mass is 10.3. The van der Waals surface area contributed by atoms with Crippen molar-refractivity contribution in [2.24, 2.45) is 0 Å². The van der Waals surface area contributed by atoms with E-state index in [1.165, 1.54) is 11.8 Å². The molecule has 0 unspecified atom stereocenters. The third kappa shape index (κ3) is 3.36. The van der Waals surface area contributed by atoms with Crippen LogP contribution in [0.1, 0.15) is 5.82 Å². The van der Waals surface area contributed by atoms with Crippen LogP contribution in [-0.2, 0) is 9.53 Å². The van der Waals surface area contributed by atoms with Gasteiger partial charge in [-0.25, -0.2) is 9.78 Å². The fourth-order valence-corrected chi connectivity index (χ4v) is 2.05. The van der Waals surface area contributed by atoms with E-state index >= 15 is 0 Å². The molecule has 2 heterocycles. The molecule has 98 valence electrons.